The molecule has 3 heterocycles. The monoisotopic (exact) mass is 857 g/mol. The molecule has 3 aliphatic heterocycles. The number of hydrogen-bond donors (Lipinski definition) is 1. The summed E-state index contributed by atoms with van der Waals surface area (Å²) in [6.45, 7) is 7.34. The van der Waals surface area contributed by atoms with Gasteiger partial charge in [0, 0.05) is 30.3 Å². The molecule has 0 radical (unpaired) electrons. The van der Waals surface area contributed by atoms with Crippen molar-refractivity contribution in [3.63, 3.8) is 0 Å². The van der Waals surface area contributed by atoms with Crippen molar-refractivity contribution >= 4 is 48.0 Å². The molecule has 3 amide bonds. The molecule has 3 aliphatic rings. The van der Waals surface area contributed by atoms with Gasteiger partial charge in [-0.3, -0.25) is 19.3 Å². The molecule has 0 bridgehead atoms. The lowest BCUT2D eigenvalue weighted by atomic mass is 9.82. The summed E-state index contributed by atoms with van der Waals surface area (Å²) >= 11 is 0. The molecule has 6 aromatic carbocycles. The minimum Gasteiger partial charge on any atom is -0.497 e. The van der Waals surface area contributed by atoms with Crippen molar-refractivity contribution < 1.29 is 33.7 Å². The van der Waals surface area contributed by atoms with Gasteiger partial charge in [-0.1, -0.05) is 122 Å². The predicted octanol–water partition coefficient (Wildman–Crippen LogP) is 8.95. The molecule has 4 atom stereocenters. The van der Waals surface area contributed by atoms with Gasteiger partial charge < -0.3 is 29.1 Å². The first-order chi connectivity index (χ1) is 30.5. The number of aliphatic hydroxyl groups is 1. The number of rotatable bonds is 12. The Labute approximate surface area is 369 Å². The van der Waals surface area contributed by atoms with Crippen LogP contribution in [0, 0.1) is 5.92 Å². The minimum absolute atomic E-state index is 0.0565. The second-order valence-corrected chi connectivity index (χ2v) is 21.9. The Morgan fingerprint density at radius 2 is 1.43 bits per heavy atom. The van der Waals surface area contributed by atoms with Crippen LogP contribution in [-0.2, 0) is 33.0 Å². The summed E-state index contributed by atoms with van der Waals surface area (Å²) in [6.07, 6.45) is -0.534. The van der Waals surface area contributed by atoms with Crippen LogP contribution in [0.15, 0.2) is 152 Å². The van der Waals surface area contributed by atoms with Gasteiger partial charge in [-0.25, -0.2) is 0 Å². The predicted molar refractivity (Wildman–Crippen MR) is 247 cm³/mol. The Morgan fingerprint density at radius 3 is 2.14 bits per heavy atom. The first-order valence-corrected chi connectivity index (χ1v) is 24.6. The highest BCUT2D eigenvalue weighted by Gasteiger charge is 2.66. The highest BCUT2D eigenvalue weighted by molar-refractivity contribution is 6.91. The largest absolute Gasteiger partial charge is 0.497 e. The Morgan fingerprint density at radius 1 is 0.778 bits per heavy atom. The number of aliphatic hydroxyl groups excluding tert-OH is 1. The van der Waals surface area contributed by atoms with Crippen molar-refractivity contribution in [1.82, 2.24) is 4.90 Å². The number of nitrogens with zero attached hydrogens (tertiary/aromatic N) is 3. The molecule has 63 heavy (non-hydrogen) atoms. The van der Waals surface area contributed by atoms with Crippen molar-refractivity contribution in [1.29, 1.82) is 0 Å². The molecule has 10 nitrogen and oxygen atoms in total. The number of anilines is 3. The Kier molecular flexibility index (Phi) is 11.3. The van der Waals surface area contributed by atoms with Crippen LogP contribution >= 0.6 is 0 Å². The molecular weight excluding hydrogens is 807 g/mol. The van der Waals surface area contributed by atoms with Crippen molar-refractivity contribution in [2.45, 2.75) is 56.8 Å². The molecule has 6 aromatic rings. The summed E-state index contributed by atoms with van der Waals surface area (Å²) in [5.74, 6) is 1.02. The van der Waals surface area contributed by atoms with Crippen LogP contribution in [0.2, 0.25) is 18.6 Å². The second-order valence-electron chi connectivity index (χ2n) is 17.2. The molecule has 0 saturated carbocycles. The maximum absolute atomic E-state index is 15.5. The van der Waals surface area contributed by atoms with E-state index in [1.807, 2.05) is 132 Å². The third kappa shape index (κ3) is 7.39. The fourth-order valence-electron chi connectivity index (χ4n) is 10.1. The standard InChI is InChI=1S/C52H51N3O7Si/c1-35-49(63(3,4)40-28-26-39(60-2)27-29-40)47(32-48(57)53(30-31-56)33-36-14-6-5-7-15-36)62-52(35)42-17-9-10-18-43(42)54(51(52)59)34-37-22-24-38(25-23-37)55-44-19-11-13-21-46(44)61-45-20-12-8-16-41(45)50(55)58/h5-29,35,47,49,56H,30-34H2,1-4H3/t35-,47+,49-,52+/m0/s1. The number of ether oxygens (including phenoxy) is 3. The minimum atomic E-state index is -2.53. The Hall–Kier alpha value is -6.53. The van der Waals surface area contributed by atoms with E-state index in [2.05, 4.69) is 32.2 Å². The normalized spacial score (nSPS) is 20.2. The molecule has 1 saturated heterocycles. The molecule has 9 rings (SSSR count). The van der Waals surface area contributed by atoms with Crippen LogP contribution in [0.25, 0.3) is 0 Å². The van der Waals surface area contributed by atoms with E-state index < -0.39 is 19.8 Å². The Bertz CT molecular complexity index is 2660. The number of amides is 3. The number of benzene rings is 6. The van der Waals surface area contributed by atoms with Crippen LogP contribution in [-0.4, -0.2) is 62.2 Å². The van der Waals surface area contributed by atoms with Crippen LogP contribution in [0.3, 0.4) is 0 Å². The maximum Gasteiger partial charge on any atom is 0.266 e. The van der Waals surface area contributed by atoms with Gasteiger partial charge in [0.15, 0.2) is 11.4 Å². The third-order valence-electron chi connectivity index (χ3n) is 13.2. The van der Waals surface area contributed by atoms with E-state index in [4.69, 9.17) is 14.2 Å². The fraction of sp³-hybridized carbons (Fsp3) is 0.250. The number of fused-ring (bicyclic) bond motifs is 4. The smallest absolute Gasteiger partial charge is 0.266 e. The van der Waals surface area contributed by atoms with Crippen LogP contribution in [0.5, 0.6) is 17.2 Å². The van der Waals surface area contributed by atoms with Gasteiger partial charge in [-0.2, -0.15) is 0 Å². The van der Waals surface area contributed by atoms with E-state index in [0.29, 0.717) is 35.0 Å². The highest BCUT2D eigenvalue weighted by atomic mass is 28.3. The molecule has 11 heteroatoms. The lowest BCUT2D eigenvalue weighted by molar-refractivity contribution is -0.150. The quantitative estimate of drug-likeness (QED) is 0.123. The van der Waals surface area contributed by atoms with Crippen LogP contribution in [0.1, 0.15) is 40.4 Å². The molecule has 1 N–H and O–H groups in total. The summed E-state index contributed by atoms with van der Waals surface area (Å²) in [5, 5.41) is 11.3. The number of carbonyl (C=O) groups is 3. The van der Waals surface area contributed by atoms with E-state index in [9.17, 15) is 14.7 Å². The van der Waals surface area contributed by atoms with E-state index in [1.165, 1.54) is 5.19 Å². The molecule has 320 valence electrons. The lowest BCUT2D eigenvalue weighted by Gasteiger charge is -2.37. The SMILES string of the molecule is COc1ccc([Si](C)(C)[C@@H]2[C@@H](CC(=O)N(CCO)Cc3ccccc3)O[C@]3(C(=O)N(Cc4ccc(N5C(=O)c6ccccc6Oc6ccccc65)cc4)c4ccccc43)[C@H]2C)cc1. The zero-order valence-electron chi connectivity index (χ0n) is 35.9. The summed E-state index contributed by atoms with van der Waals surface area (Å²) in [6, 6.07) is 48.2. The van der Waals surface area contributed by atoms with Crippen LogP contribution < -0.4 is 24.5 Å². The summed E-state index contributed by atoms with van der Waals surface area (Å²) in [4.78, 5) is 49.2. The Balaban J connectivity index is 1.05. The number of para-hydroxylation sites is 4. The van der Waals surface area contributed by atoms with E-state index in [-0.39, 0.29) is 55.3 Å². The summed E-state index contributed by atoms with van der Waals surface area (Å²) in [7, 11) is -0.885. The van der Waals surface area contributed by atoms with Gasteiger partial charge in [0.1, 0.15) is 11.5 Å². The molecule has 0 aliphatic carbocycles. The zero-order chi connectivity index (χ0) is 43.9. The number of methoxy groups -OCH3 is 1. The lowest BCUT2D eigenvalue weighted by Crippen LogP contribution is -2.52. The molecular formula is C52H51N3O7Si. The van der Waals surface area contributed by atoms with Gasteiger partial charge in [0.2, 0.25) is 5.91 Å². The third-order valence-corrected chi connectivity index (χ3v) is 17.6. The zero-order valence-corrected chi connectivity index (χ0v) is 36.9. The first kappa shape index (κ1) is 41.8. The van der Waals surface area contributed by atoms with Crippen molar-refractivity contribution in [2.24, 2.45) is 5.92 Å². The van der Waals surface area contributed by atoms with Crippen molar-refractivity contribution in [3.8, 4) is 17.2 Å². The molecule has 1 fully saturated rings. The van der Waals surface area contributed by atoms with Gasteiger partial charge in [0.05, 0.1) is 57.8 Å². The molecule has 1 spiro atoms. The molecule has 0 aromatic heterocycles. The van der Waals surface area contributed by atoms with Gasteiger partial charge in [0.25, 0.3) is 11.8 Å². The summed E-state index contributed by atoms with van der Waals surface area (Å²) in [5.41, 5.74) is 3.65. The highest BCUT2D eigenvalue weighted by Crippen LogP contribution is 2.60. The first-order valence-electron chi connectivity index (χ1n) is 21.5. The van der Waals surface area contributed by atoms with Crippen molar-refractivity contribution in [3.05, 3.63) is 174 Å². The van der Waals surface area contributed by atoms with Crippen LogP contribution in [0.4, 0.5) is 17.1 Å². The van der Waals surface area contributed by atoms with Crippen molar-refractivity contribution in [2.75, 3.05) is 30.1 Å². The van der Waals surface area contributed by atoms with Gasteiger partial charge >= 0.3 is 0 Å². The average Bonchev–Trinajstić information content (AvgIpc) is 3.68. The fourth-order valence-corrected chi connectivity index (χ4v) is 14.2. The van der Waals surface area contributed by atoms with E-state index in [0.717, 1.165) is 28.1 Å². The maximum atomic E-state index is 15.5. The number of hydrogen-bond acceptors (Lipinski definition) is 7. The average molecular weight is 858 g/mol. The van der Waals surface area contributed by atoms with Gasteiger partial charge in [-0.05, 0) is 71.3 Å². The summed E-state index contributed by atoms with van der Waals surface area (Å²) < 4.78 is 19.0. The van der Waals surface area contributed by atoms with E-state index in [1.54, 1.807) is 29.0 Å². The second kappa shape index (κ2) is 17.0. The number of carbonyl (C=O) groups excluding carboxylic acids is 3. The molecule has 0 unspecified atom stereocenters. The van der Waals surface area contributed by atoms with E-state index >= 15 is 4.79 Å². The van der Waals surface area contributed by atoms with Gasteiger partial charge in [-0.15, -0.1) is 0 Å². The topological polar surface area (TPSA) is 109 Å².